The number of hydrogen-bond acceptors (Lipinski definition) is 3. The molecule has 3 N–H and O–H groups in total. The van der Waals surface area contributed by atoms with E-state index in [1.807, 2.05) is 6.92 Å². The normalized spacial score (nSPS) is 16.8. The molecular weight excluding hydrogens is 224 g/mol. The Bertz CT molecular complexity index is 193. The summed E-state index contributed by atoms with van der Waals surface area (Å²) in [6, 6.07) is 0.643. The van der Waals surface area contributed by atoms with E-state index in [2.05, 4.69) is 25.7 Å². The Morgan fingerprint density at radius 1 is 1.17 bits per heavy atom. The minimum Gasteiger partial charge on any atom is -0.389 e. The van der Waals surface area contributed by atoms with Crippen molar-refractivity contribution in [1.82, 2.24) is 4.90 Å². The van der Waals surface area contributed by atoms with Crippen molar-refractivity contribution in [3.63, 3.8) is 0 Å². The van der Waals surface area contributed by atoms with Crippen molar-refractivity contribution in [2.75, 3.05) is 19.6 Å². The van der Waals surface area contributed by atoms with Gasteiger partial charge in [-0.1, -0.05) is 27.2 Å². The van der Waals surface area contributed by atoms with Crippen LogP contribution in [0, 0.1) is 0 Å². The van der Waals surface area contributed by atoms with Gasteiger partial charge in [0.15, 0.2) is 0 Å². The average molecular weight is 258 g/mol. The van der Waals surface area contributed by atoms with Crippen molar-refractivity contribution in [2.24, 2.45) is 5.73 Å². The first-order valence-electron chi connectivity index (χ1n) is 7.69. The maximum Gasteiger partial charge on any atom is 0.0767 e. The summed E-state index contributed by atoms with van der Waals surface area (Å²) in [4.78, 5) is 2.55. The van der Waals surface area contributed by atoms with E-state index in [1.165, 1.54) is 25.8 Å². The topological polar surface area (TPSA) is 49.5 Å². The molecule has 0 radical (unpaired) electrons. The molecule has 0 aromatic carbocycles. The Morgan fingerprint density at radius 2 is 1.78 bits per heavy atom. The van der Waals surface area contributed by atoms with Gasteiger partial charge in [-0.15, -0.1) is 0 Å². The lowest BCUT2D eigenvalue weighted by Crippen LogP contribution is -2.39. The van der Waals surface area contributed by atoms with Gasteiger partial charge in [0.2, 0.25) is 0 Å². The van der Waals surface area contributed by atoms with Crippen LogP contribution in [-0.4, -0.2) is 41.3 Å². The van der Waals surface area contributed by atoms with Crippen molar-refractivity contribution in [3.8, 4) is 0 Å². The second-order valence-corrected chi connectivity index (χ2v) is 5.53. The Morgan fingerprint density at radius 3 is 2.22 bits per heavy atom. The molecule has 0 saturated heterocycles. The standard InChI is InChI=1S/C15H34N2O/c1-5-8-11-17(14(4)6-2)12-9-10-15(18,7-3)13-16/h14,18H,5-13,16H2,1-4H3. The molecule has 0 rings (SSSR count). The van der Waals surface area contributed by atoms with Crippen LogP contribution in [0.3, 0.4) is 0 Å². The highest BCUT2D eigenvalue weighted by Gasteiger charge is 2.22. The molecule has 0 heterocycles. The minimum absolute atomic E-state index is 0.377. The number of aliphatic hydroxyl groups is 1. The quantitative estimate of drug-likeness (QED) is 0.599. The molecule has 0 bridgehead atoms. The predicted octanol–water partition coefficient (Wildman–Crippen LogP) is 2.77. The van der Waals surface area contributed by atoms with Gasteiger partial charge in [0, 0.05) is 12.6 Å². The molecule has 0 saturated carbocycles. The summed E-state index contributed by atoms with van der Waals surface area (Å²) in [6.07, 6.45) is 6.31. The second-order valence-electron chi connectivity index (χ2n) is 5.53. The number of unbranched alkanes of at least 4 members (excludes halogenated alkanes) is 1. The van der Waals surface area contributed by atoms with E-state index in [0.717, 1.165) is 25.8 Å². The van der Waals surface area contributed by atoms with Crippen LogP contribution in [0.1, 0.15) is 66.2 Å². The van der Waals surface area contributed by atoms with Crippen LogP contribution in [0.2, 0.25) is 0 Å². The molecule has 0 aliphatic heterocycles. The van der Waals surface area contributed by atoms with Gasteiger partial charge in [0.25, 0.3) is 0 Å². The third kappa shape index (κ3) is 6.72. The molecule has 110 valence electrons. The zero-order valence-corrected chi connectivity index (χ0v) is 12.9. The molecule has 0 aromatic heterocycles. The maximum absolute atomic E-state index is 10.2. The summed E-state index contributed by atoms with van der Waals surface area (Å²) in [5, 5.41) is 10.2. The van der Waals surface area contributed by atoms with Gasteiger partial charge in [0.1, 0.15) is 0 Å². The molecule has 0 amide bonds. The number of nitrogens with zero attached hydrogens (tertiary/aromatic N) is 1. The van der Waals surface area contributed by atoms with Crippen LogP contribution >= 0.6 is 0 Å². The number of rotatable bonds is 11. The van der Waals surface area contributed by atoms with Gasteiger partial charge in [-0.25, -0.2) is 0 Å². The van der Waals surface area contributed by atoms with Crippen LogP contribution in [-0.2, 0) is 0 Å². The summed E-state index contributed by atoms with van der Waals surface area (Å²) in [7, 11) is 0. The van der Waals surface area contributed by atoms with E-state index < -0.39 is 5.60 Å². The van der Waals surface area contributed by atoms with Gasteiger partial charge in [0.05, 0.1) is 5.60 Å². The fourth-order valence-electron chi connectivity index (χ4n) is 2.21. The van der Waals surface area contributed by atoms with Gasteiger partial charge in [-0.3, -0.25) is 0 Å². The molecule has 18 heavy (non-hydrogen) atoms. The fourth-order valence-corrected chi connectivity index (χ4v) is 2.21. The van der Waals surface area contributed by atoms with E-state index in [-0.39, 0.29) is 0 Å². The number of hydrogen-bond donors (Lipinski definition) is 2. The lowest BCUT2D eigenvalue weighted by Gasteiger charge is -2.30. The summed E-state index contributed by atoms with van der Waals surface area (Å²) in [6.45, 7) is 11.4. The zero-order chi connectivity index (χ0) is 14.0. The smallest absolute Gasteiger partial charge is 0.0767 e. The highest BCUT2D eigenvalue weighted by molar-refractivity contribution is 4.78. The van der Waals surface area contributed by atoms with Crippen molar-refractivity contribution in [1.29, 1.82) is 0 Å². The van der Waals surface area contributed by atoms with Crippen LogP contribution in [0.4, 0.5) is 0 Å². The van der Waals surface area contributed by atoms with Gasteiger partial charge in [-0.2, -0.15) is 0 Å². The Labute approximate surface area is 114 Å². The molecule has 0 aromatic rings. The second kappa shape index (κ2) is 9.76. The van der Waals surface area contributed by atoms with Gasteiger partial charge < -0.3 is 15.7 Å². The van der Waals surface area contributed by atoms with Crippen molar-refractivity contribution < 1.29 is 5.11 Å². The van der Waals surface area contributed by atoms with Crippen molar-refractivity contribution >= 4 is 0 Å². The van der Waals surface area contributed by atoms with E-state index in [9.17, 15) is 5.11 Å². The summed E-state index contributed by atoms with van der Waals surface area (Å²) >= 11 is 0. The van der Waals surface area contributed by atoms with Crippen LogP contribution in [0.25, 0.3) is 0 Å². The molecule has 0 aliphatic carbocycles. The first kappa shape index (κ1) is 17.9. The van der Waals surface area contributed by atoms with E-state index in [1.54, 1.807) is 0 Å². The zero-order valence-electron chi connectivity index (χ0n) is 12.9. The largest absolute Gasteiger partial charge is 0.389 e. The molecule has 2 atom stereocenters. The van der Waals surface area contributed by atoms with E-state index in [4.69, 9.17) is 5.73 Å². The third-order valence-corrected chi connectivity index (χ3v) is 4.14. The molecule has 0 aliphatic rings. The predicted molar refractivity (Wildman–Crippen MR) is 79.8 cm³/mol. The third-order valence-electron chi connectivity index (χ3n) is 4.14. The maximum atomic E-state index is 10.2. The lowest BCUT2D eigenvalue weighted by molar-refractivity contribution is 0.0302. The Balaban J connectivity index is 4.09. The highest BCUT2D eigenvalue weighted by atomic mass is 16.3. The van der Waals surface area contributed by atoms with Gasteiger partial charge in [-0.05, 0) is 52.1 Å². The number of nitrogens with two attached hydrogens (primary N) is 1. The molecule has 3 nitrogen and oxygen atoms in total. The molecule has 0 spiro atoms. The lowest BCUT2D eigenvalue weighted by atomic mass is 9.94. The van der Waals surface area contributed by atoms with E-state index in [0.29, 0.717) is 12.6 Å². The van der Waals surface area contributed by atoms with Crippen LogP contribution in [0.15, 0.2) is 0 Å². The molecule has 3 heteroatoms. The summed E-state index contributed by atoms with van der Waals surface area (Å²) < 4.78 is 0. The first-order chi connectivity index (χ1) is 8.52. The Kier molecular flexibility index (Phi) is 9.70. The molecule has 0 fully saturated rings. The first-order valence-corrected chi connectivity index (χ1v) is 7.69. The van der Waals surface area contributed by atoms with Crippen molar-refractivity contribution in [3.05, 3.63) is 0 Å². The molecular formula is C15H34N2O. The summed E-state index contributed by atoms with van der Waals surface area (Å²) in [5.74, 6) is 0. The monoisotopic (exact) mass is 258 g/mol. The minimum atomic E-state index is -0.647. The highest BCUT2D eigenvalue weighted by Crippen LogP contribution is 2.17. The van der Waals surface area contributed by atoms with Crippen LogP contribution in [0.5, 0.6) is 0 Å². The Hall–Kier alpha value is -0.120. The molecule has 2 unspecified atom stereocenters. The van der Waals surface area contributed by atoms with E-state index >= 15 is 0 Å². The van der Waals surface area contributed by atoms with Crippen molar-refractivity contribution in [2.45, 2.75) is 77.9 Å². The average Bonchev–Trinajstić information content (AvgIpc) is 2.41. The fraction of sp³-hybridized carbons (Fsp3) is 1.00. The van der Waals surface area contributed by atoms with Crippen LogP contribution < -0.4 is 5.73 Å². The van der Waals surface area contributed by atoms with Gasteiger partial charge >= 0.3 is 0 Å². The SMILES string of the molecule is CCCCN(CCCC(O)(CC)CN)C(C)CC. The summed E-state index contributed by atoms with van der Waals surface area (Å²) in [5.41, 5.74) is 4.99.